The summed E-state index contributed by atoms with van der Waals surface area (Å²) in [5.41, 5.74) is 0. The number of aliphatic carboxylic acids is 1. The van der Waals surface area contributed by atoms with Crippen LogP contribution >= 0.6 is 11.8 Å². The maximum absolute atomic E-state index is 12.0. The highest BCUT2D eigenvalue weighted by Crippen LogP contribution is 2.24. The molecule has 4 nitrogen and oxygen atoms in total. The Hall–Kier alpha value is -0.710. The molecule has 0 aromatic heterocycles. The van der Waals surface area contributed by atoms with E-state index in [1.807, 2.05) is 20.8 Å². The molecular formula is C12H21NO3S. The Bertz CT molecular complexity index is 293. The van der Waals surface area contributed by atoms with Gasteiger partial charge in [0.1, 0.15) is 6.04 Å². The van der Waals surface area contributed by atoms with Gasteiger partial charge in [-0.15, -0.1) is 11.8 Å². The van der Waals surface area contributed by atoms with Crippen LogP contribution in [-0.2, 0) is 9.59 Å². The van der Waals surface area contributed by atoms with Crippen LogP contribution in [0.1, 0.15) is 33.6 Å². The molecule has 1 amide bonds. The fourth-order valence-electron chi connectivity index (χ4n) is 2.17. The first-order valence-electron chi connectivity index (χ1n) is 6.07. The maximum atomic E-state index is 12.0. The minimum atomic E-state index is -0.875. The zero-order valence-corrected chi connectivity index (χ0v) is 11.5. The van der Waals surface area contributed by atoms with E-state index in [4.69, 9.17) is 0 Å². The normalized spacial score (nSPS) is 25.1. The van der Waals surface area contributed by atoms with Crippen LogP contribution in [-0.4, -0.2) is 45.5 Å². The van der Waals surface area contributed by atoms with Gasteiger partial charge in [-0.2, -0.15) is 0 Å². The van der Waals surface area contributed by atoms with E-state index in [9.17, 15) is 14.7 Å². The van der Waals surface area contributed by atoms with Crippen molar-refractivity contribution in [2.45, 2.75) is 44.9 Å². The van der Waals surface area contributed by atoms with Crippen LogP contribution in [0.3, 0.4) is 0 Å². The molecule has 1 N–H and O–H groups in total. The second-order valence-electron chi connectivity index (χ2n) is 4.85. The van der Waals surface area contributed by atoms with Crippen LogP contribution in [0.25, 0.3) is 0 Å². The van der Waals surface area contributed by atoms with Crippen molar-refractivity contribution in [2.75, 3.05) is 12.3 Å². The summed E-state index contributed by atoms with van der Waals surface area (Å²) in [5, 5.41) is 9.60. The zero-order chi connectivity index (χ0) is 13.0. The number of amides is 1. The molecule has 1 heterocycles. The SMILES string of the molecule is CC(C)SCC(=O)N1CCCC(C)C1C(=O)O. The average molecular weight is 259 g/mol. The lowest BCUT2D eigenvalue weighted by atomic mass is 9.91. The molecule has 1 rings (SSSR count). The molecule has 2 unspecified atom stereocenters. The number of nitrogens with zero attached hydrogens (tertiary/aromatic N) is 1. The Morgan fingerprint density at radius 1 is 1.47 bits per heavy atom. The van der Waals surface area contributed by atoms with E-state index in [0.29, 0.717) is 17.5 Å². The fraction of sp³-hybridized carbons (Fsp3) is 0.833. The second kappa shape index (κ2) is 6.28. The summed E-state index contributed by atoms with van der Waals surface area (Å²) in [5.74, 6) is -0.481. The predicted molar refractivity (Wildman–Crippen MR) is 69.1 cm³/mol. The number of carboxylic acid groups (broad SMARTS) is 1. The molecule has 0 bridgehead atoms. The number of carbonyl (C=O) groups is 2. The molecule has 2 atom stereocenters. The van der Waals surface area contributed by atoms with Crippen molar-refractivity contribution in [2.24, 2.45) is 5.92 Å². The van der Waals surface area contributed by atoms with E-state index in [1.165, 1.54) is 0 Å². The molecule has 5 heteroatoms. The molecular weight excluding hydrogens is 238 g/mol. The first-order chi connectivity index (χ1) is 7.93. The third-order valence-electron chi connectivity index (χ3n) is 3.05. The van der Waals surface area contributed by atoms with Crippen LogP contribution in [0.5, 0.6) is 0 Å². The van der Waals surface area contributed by atoms with Gasteiger partial charge >= 0.3 is 5.97 Å². The Kier molecular flexibility index (Phi) is 5.31. The van der Waals surface area contributed by atoms with Crippen molar-refractivity contribution < 1.29 is 14.7 Å². The summed E-state index contributed by atoms with van der Waals surface area (Å²) in [6.45, 7) is 6.56. The highest BCUT2D eigenvalue weighted by atomic mass is 32.2. The highest BCUT2D eigenvalue weighted by Gasteiger charge is 2.36. The topological polar surface area (TPSA) is 57.6 Å². The lowest BCUT2D eigenvalue weighted by Gasteiger charge is -2.37. The van der Waals surface area contributed by atoms with E-state index in [0.717, 1.165) is 12.8 Å². The van der Waals surface area contributed by atoms with E-state index in [-0.39, 0.29) is 11.8 Å². The number of rotatable bonds is 4. The smallest absolute Gasteiger partial charge is 0.326 e. The highest BCUT2D eigenvalue weighted by molar-refractivity contribution is 8.00. The molecule has 0 saturated carbocycles. The third kappa shape index (κ3) is 3.91. The van der Waals surface area contributed by atoms with Gasteiger partial charge in [-0.25, -0.2) is 4.79 Å². The van der Waals surface area contributed by atoms with E-state index in [2.05, 4.69) is 0 Å². The summed E-state index contributed by atoms with van der Waals surface area (Å²) < 4.78 is 0. The molecule has 1 aliphatic rings. The van der Waals surface area contributed by atoms with Gasteiger partial charge in [0, 0.05) is 6.54 Å². The van der Waals surface area contributed by atoms with Crippen molar-refractivity contribution in [3.8, 4) is 0 Å². The molecule has 17 heavy (non-hydrogen) atoms. The first-order valence-corrected chi connectivity index (χ1v) is 7.12. The van der Waals surface area contributed by atoms with E-state index < -0.39 is 12.0 Å². The van der Waals surface area contributed by atoms with Gasteiger partial charge in [-0.1, -0.05) is 20.8 Å². The quantitative estimate of drug-likeness (QED) is 0.837. The molecule has 1 fully saturated rings. The second-order valence-corrected chi connectivity index (χ2v) is 6.41. The Balaban J connectivity index is 2.65. The molecule has 1 saturated heterocycles. The number of carbonyl (C=O) groups excluding carboxylic acids is 1. The zero-order valence-electron chi connectivity index (χ0n) is 10.7. The predicted octanol–water partition coefficient (Wildman–Crippen LogP) is 1.84. The van der Waals surface area contributed by atoms with Crippen molar-refractivity contribution >= 4 is 23.6 Å². The number of piperidine rings is 1. The number of thioether (sulfide) groups is 1. The van der Waals surface area contributed by atoms with Crippen LogP contribution in [0, 0.1) is 5.92 Å². The number of carboxylic acids is 1. The van der Waals surface area contributed by atoms with Crippen LogP contribution in [0.15, 0.2) is 0 Å². The van der Waals surface area contributed by atoms with Gasteiger partial charge in [0.05, 0.1) is 5.75 Å². The van der Waals surface area contributed by atoms with Gasteiger partial charge in [-0.05, 0) is 24.0 Å². The first kappa shape index (κ1) is 14.4. The third-order valence-corrected chi connectivity index (χ3v) is 4.13. The largest absolute Gasteiger partial charge is 0.480 e. The van der Waals surface area contributed by atoms with E-state index >= 15 is 0 Å². The number of hydrogen-bond donors (Lipinski definition) is 1. The lowest BCUT2D eigenvalue weighted by molar-refractivity contribution is -0.153. The molecule has 0 aromatic carbocycles. The Morgan fingerprint density at radius 2 is 2.12 bits per heavy atom. The number of likely N-dealkylation sites (tertiary alicyclic amines) is 1. The Labute approximate surface area is 107 Å². The van der Waals surface area contributed by atoms with Crippen molar-refractivity contribution in [1.29, 1.82) is 0 Å². The van der Waals surface area contributed by atoms with Gasteiger partial charge < -0.3 is 10.0 Å². The summed E-state index contributed by atoms with van der Waals surface area (Å²) in [4.78, 5) is 24.8. The summed E-state index contributed by atoms with van der Waals surface area (Å²) in [6.07, 6.45) is 1.79. The molecule has 0 spiro atoms. The monoisotopic (exact) mass is 259 g/mol. The fourth-order valence-corrected chi connectivity index (χ4v) is 2.81. The van der Waals surface area contributed by atoms with E-state index in [1.54, 1.807) is 16.7 Å². The van der Waals surface area contributed by atoms with Gasteiger partial charge in [0.15, 0.2) is 0 Å². The molecule has 0 radical (unpaired) electrons. The van der Waals surface area contributed by atoms with Crippen molar-refractivity contribution in [3.63, 3.8) is 0 Å². The van der Waals surface area contributed by atoms with Crippen LogP contribution < -0.4 is 0 Å². The number of hydrogen-bond acceptors (Lipinski definition) is 3. The summed E-state index contributed by atoms with van der Waals surface area (Å²) >= 11 is 1.56. The van der Waals surface area contributed by atoms with Crippen molar-refractivity contribution in [1.82, 2.24) is 4.90 Å². The molecule has 0 aliphatic carbocycles. The maximum Gasteiger partial charge on any atom is 0.326 e. The van der Waals surface area contributed by atoms with Gasteiger partial charge in [0.25, 0.3) is 0 Å². The summed E-state index contributed by atoms with van der Waals surface area (Å²) in [6, 6.07) is -0.635. The molecule has 98 valence electrons. The standard InChI is InChI=1S/C12H21NO3S/c1-8(2)17-7-10(14)13-6-4-5-9(3)11(13)12(15)16/h8-9,11H,4-7H2,1-3H3,(H,15,16). The minimum absolute atomic E-state index is 0.0392. The summed E-state index contributed by atoms with van der Waals surface area (Å²) in [7, 11) is 0. The van der Waals surface area contributed by atoms with Crippen LogP contribution in [0.4, 0.5) is 0 Å². The minimum Gasteiger partial charge on any atom is -0.480 e. The van der Waals surface area contributed by atoms with Gasteiger partial charge in [-0.3, -0.25) is 4.79 Å². The molecule has 0 aromatic rings. The average Bonchev–Trinajstić information content (AvgIpc) is 2.24. The van der Waals surface area contributed by atoms with Crippen LogP contribution in [0.2, 0.25) is 0 Å². The Morgan fingerprint density at radius 3 is 2.65 bits per heavy atom. The lowest BCUT2D eigenvalue weighted by Crippen LogP contribution is -2.52. The van der Waals surface area contributed by atoms with Crippen molar-refractivity contribution in [3.05, 3.63) is 0 Å². The van der Waals surface area contributed by atoms with Gasteiger partial charge in [0.2, 0.25) is 5.91 Å². The molecule has 1 aliphatic heterocycles.